The van der Waals surface area contributed by atoms with Gasteiger partial charge >= 0.3 is 0 Å². The molecule has 5 nitrogen and oxygen atoms in total. The first-order chi connectivity index (χ1) is 11.6. The van der Waals surface area contributed by atoms with Gasteiger partial charge in [-0.25, -0.2) is 0 Å². The zero-order valence-electron chi connectivity index (χ0n) is 13.9. The highest BCUT2D eigenvalue weighted by atomic mass is 16.2. The Balaban J connectivity index is 1.89. The molecule has 0 bridgehead atoms. The molecule has 0 atom stereocenters. The van der Waals surface area contributed by atoms with Crippen molar-refractivity contribution in [1.82, 2.24) is 9.80 Å². The number of imide groups is 1. The molecule has 1 aliphatic heterocycles. The summed E-state index contributed by atoms with van der Waals surface area (Å²) in [6.07, 6.45) is 0.150. The number of hydrogen-bond acceptors (Lipinski definition) is 3. The summed E-state index contributed by atoms with van der Waals surface area (Å²) in [7, 11) is 0. The van der Waals surface area contributed by atoms with E-state index in [1.165, 1.54) is 4.90 Å². The third kappa shape index (κ3) is 2.56. The van der Waals surface area contributed by atoms with E-state index in [-0.39, 0.29) is 30.7 Å². The second kappa shape index (κ2) is 6.43. The molecule has 0 radical (unpaired) electrons. The van der Waals surface area contributed by atoms with Crippen LogP contribution in [0.5, 0.6) is 0 Å². The molecular formula is C19H20N2O3. The van der Waals surface area contributed by atoms with Gasteiger partial charge in [0.25, 0.3) is 11.8 Å². The molecule has 3 rings (SSSR count). The van der Waals surface area contributed by atoms with E-state index in [1.807, 2.05) is 38.1 Å². The van der Waals surface area contributed by atoms with Crippen molar-refractivity contribution in [2.24, 2.45) is 0 Å². The summed E-state index contributed by atoms with van der Waals surface area (Å²) >= 11 is 0. The summed E-state index contributed by atoms with van der Waals surface area (Å²) in [5.41, 5.74) is 1.05. The molecule has 1 heterocycles. The molecule has 24 heavy (non-hydrogen) atoms. The molecule has 0 N–H and O–H groups in total. The first kappa shape index (κ1) is 16.2. The van der Waals surface area contributed by atoms with Crippen molar-refractivity contribution in [3.8, 4) is 0 Å². The average molecular weight is 324 g/mol. The Morgan fingerprint density at radius 2 is 1.50 bits per heavy atom. The zero-order chi connectivity index (χ0) is 17.3. The van der Waals surface area contributed by atoms with Crippen molar-refractivity contribution in [2.45, 2.75) is 20.3 Å². The van der Waals surface area contributed by atoms with Crippen LogP contribution in [-0.4, -0.2) is 47.2 Å². The van der Waals surface area contributed by atoms with Crippen LogP contribution in [0, 0.1) is 0 Å². The molecule has 2 aromatic rings. The van der Waals surface area contributed by atoms with Crippen LogP contribution < -0.4 is 0 Å². The first-order valence-electron chi connectivity index (χ1n) is 8.24. The number of rotatable bonds is 5. The van der Waals surface area contributed by atoms with Gasteiger partial charge in [-0.1, -0.05) is 24.3 Å². The summed E-state index contributed by atoms with van der Waals surface area (Å²) in [4.78, 5) is 40.5. The number of carbonyl (C=O) groups excluding carboxylic acids is 3. The van der Waals surface area contributed by atoms with Crippen molar-refractivity contribution < 1.29 is 14.4 Å². The van der Waals surface area contributed by atoms with E-state index in [9.17, 15) is 14.4 Å². The molecule has 2 aromatic carbocycles. The molecule has 0 fully saturated rings. The normalized spacial score (nSPS) is 13.5. The van der Waals surface area contributed by atoms with Gasteiger partial charge < -0.3 is 4.90 Å². The Bertz CT molecular complexity index is 774. The number of carbonyl (C=O) groups is 3. The Morgan fingerprint density at radius 1 is 0.958 bits per heavy atom. The number of benzene rings is 2. The van der Waals surface area contributed by atoms with Gasteiger partial charge in [-0.3, -0.25) is 19.3 Å². The maximum atomic E-state index is 12.7. The van der Waals surface area contributed by atoms with Gasteiger partial charge in [0.1, 0.15) is 0 Å². The third-order valence-electron chi connectivity index (χ3n) is 4.52. The lowest BCUT2D eigenvalue weighted by Crippen LogP contribution is -2.42. The van der Waals surface area contributed by atoms with Crippen LogP contribution in [0.15, 0.2) is 36.4 Å². The second-order valence-corrected chi connectivity index (χ2v) is 5.79. The predicted molar refractivity (Wildman–Crippen MR) is 91.9 cm³/mol. The lowest BCUT2D eigenvalue weighted by Gasteiger charge is -2.28. The maximum Gasteiger partial charge on any atom is 0.261 e. The van der Waals surface area contributed by atoms with Crippen LogP contribution in [0.3, 0.4) is 0 Å². The van der Waals surface area contributed by atoms with Crippen LogP contribution in [0.4, 0.5) is 0 Å². The fourth-order valence-electron chi connectivity index (χ4n) is 3.23. The van der Waals surface area contributed by atoms with E-state index in [0.717, 1.165) is 5.39 Å². The molecule has 124 valence electrons. The summed E-state index contributed by atoms with van der Waals surface area (Å²) in [6, 6.07) is 10.9. The minimum Gasteiger partial charge on any atom is -0.343 e. The van der Waals surface area contributed by atoms with E-state index < -0.39 is 0 Å². The Kier molecular flexibility index (Phi) is 4.34. The molecule has 0 unspecified atom stereocenters. The van der Waals surface area contributed by atoms with Crippen LogP contribution in [0.25, 0.3) is 10.8 Å². The monoisotopic (exact) mass is 324 g/mol. The molecule has 0 saturated heterocycles. The highest BCUT2D eigenvalue weighted by molar-refractivity contribution is 6.25. The van der Waals surface area contributed by atoms with Crippen LogP contribution in [0.2, 0.25) is 0 Å². The molecule has 0 spiro atoms. The van der Waals surface area contributed by atoms with E-state index in [0.29, 0.717) is 29.6 Å². The van der Waals surface area contributed by atoms with Crippen LogP contribution in [0.1, 0.15) is 41.0 Å². The highest BCUT2D eigenvalue weighted by Gasteiger charge is 2.32. The lowest BCUT2D eigenvalue weighted by atomic mass is 9.94. The van der Waals surface area contributed by atoms with Crippen LogP contribution >= 0.6 is 0 Å². The SMILES string of the molecule is CCN(CC)C(=O)CCN1C(=O)c2cccc3cccc(c23)C1=O. The van der Waals surface area contributed by atoms with Gasteiger partial charge in [-0.05, 0) is 31.4 Å². The maximum absolute atomic E-state index is 12.7. The Labute approximate surface area is 140 Å². The van der Waals surface area contributed by atoms with Crippen LogP contribution in [-0.2, 0) is 4.79 Å². The molecule has 0 saturated carbocycles. The molecule has 3 amide bonds. The number of nitrogens with zero attached hydrogens (tertiary/aromatic N) is 2. The average Bonchev–Trinajstić information content (AvgIpc) is 2.60. The van der Waals surface area contributed by atoms with Crippen molar-refractivity contribution in [3.05, 3.63) is 47.5 Å². The van der Waals surface area contributed by atoms with Crippen molar-refractivity contribution >= 4 is 28.5 Å². The van der Waals surface area contributed by atoms with Gasteiger partial charge in [0.15, 0.2) is 0 Å². The lowest BCUT2D eigenvalue weighted by molar-refractivity contribution is -0.130. The van der Waals surface area contributed by atoms with Gasteiger partial charge in [0.2, 0.25) is 5.91 Å². The standard InChI is InChI=1S/C19H20N2O3/c1-3-20(4-2)16(22)11-12-21-18(23)14-9-5-7-13-8-6-10-15(17(13)14)19(21)24/h5-10H,3-4,11-12H2,1-2H3. The fraction of sp³-hybridized carbons (Fsp3) is 0.316. The molecule has 0 aliphatic carbocycles. The minimum atomic E-state index is -0.323. The summed E-state index contributed by atoms with van der Waals surface area (Å²) in [5, 5.41) is 1.59. The van der Waals surface area contributed by atoms with Crippen molar-refractivity contribution in [3.63, 3.8) is 0 Å². The van der Waals surface area contributed by atoms with Gasteiger partial charge in [-0.2, -0.15) is 0 Å². The quantitative estimate of drug-likeness (QED) is 0.795. The molecular weight excluding hydrogens is 304 g/mol. The zero-order valence-corrected chi connectivity index (χ0v) is 13.9. The molecule has 0 aromatic heterocycles. The minimum absolute atomic E-state index is 0.0438. The Morgan fingerprint density at radius 3 is 2.00 bits per heavy atom. The van der Waals surface area contributed by atoms with E-state index in [2.05, 4.69) is 0 Å². The van der Waals surface area contributed by atoms with Crippen molar-refractivity contribution in [2.75, 3.05) is 19.6 Å². The number of hydrogen-bond donors (Lipinski definition) is 0. The van der Waals surface area contributed by atoms with Gasteiger partial charge in [0.05, 0.1) is 0 Å². The van der Waals surface area contributed by atoms with E-state index in [4.69, 9.17) is 0 Å². The third-order valence-corrected chi connectivity index (χ3v) is 4.52. The summed E-state index contributed by atoms with van der Waals surface area (Å²) in [6.45, 7) is 5.18. The first-order valence-corrected chi connectivity index (χ1v) is 8.24. The Hall–Kier alpha value is -2.69. The number of amides is 3. The summed E-state index contributed by atoms with van der Waals surface area (Å²) < 4.78 is 0. The van der Waals surface area contributed by atoms with Gasteiger partial charge in [-0.15, -0.1) is 0 Å². The largest absolute Gasteiger partial charge is 0.343 e. The predicted octanol–water partition coefficient (Wildman–Crippen LogP) is 2.69. The topological polar surface area (TPSA) is 57.7 Å². The van der Waals surface area contributed by atoms with E-state index in [1.54, 1.807) is 17.0 Å². The van der Waals surface area contributed by atoms with E-state index >= 15 is 0 Å². The summed E-state index contributed by atoms with van der Waals surface area (Å²) in [5.74, 6) is -0.689. The smallest absolute Gasteiger partial charge is 0.261 e. The fourth-order valence-corrected chi connectivity index (χ4v) is 3.23. The highest BCUT2D eigenvalue weighted by Crippen LogP contribution is 2.29. The van der Waals surface area contributed by atoms with Gasteiger partial charge in [0, 0.05) is 42.6 Å². The second-order valence-electron chi connectivity index (χ2n) is 5.79. The molecule has 5 heteroatoms. The van der Waals surface area contributed by atoms with Crippen molar-refractivity contribution in [1.29, 1.82) is 0 Å². The molecule has 1 aliphatic rings.